The number of ketones is 1. The van der Waals surface area contributed by atoms with Crippen LogP contribution in [0.2, 0.25) is 0 Å². The largest absolute Gasteiger partial charge is 0.465 e. The van der Waals surface area contributed by atoms with Crippen LogP contribution in [0.3, 0.4) is 0 Å². The van der Waals surface area contributed by atoms with E-state index in [4.69, 9.17) is 4.74 Å². The van der Waals surface area contributed by atoms with Crippen LogP contribution in [-0.4, -0.2) is 23.3 Å². The van der Waals surface area contributed by atoms with Gasteiger partial charge in [0.15, 0.2) is 5.78 Å². The summed E-state index contributed by atoms with van der Waals surface area (Å²) in [5, 5.41) is 0. The molecule has 16 heavy (non-hydrogen) atoms. The zero-order chi connectivity index (χ0) is 12.0. The number of Topliss-reactive ketones (excluding diaryl/α,β-unsaturated/α-hetero) is 1. The Morgan fingerprint density at radius 2 is 2.19 bits per heavy atom. The van der Waals surface area contributed by atoms with Gasteiger partial charge in [-0.15, -0.1) is 0 Å². The molecule has 0 aliphatic carbocycles. The number of ether oxygens (including phenoxy) is 1. The van der Waals surface area contributed by atoms with E-state index in [0.717, 1.165) is 0 Å². The molecule has 1 aromatic heterocycles. The normalized spacial score (nSPS) is 11.9. The molecule has 0 saturated heterocycles. The van der Waals surface area contributed by atoms with E-state index >= 15 is 0 Å². The zero-order valence-corrected chi connectivity index (χ0v) is 9.47. The summed E-state index contributed by atoms with van der Waals surface area (Å²) in [5.74, 6) is -1.41. The number of carbonyl (C=O) groups is 2. The molecule has 0 bridgehead atoms. The maximum absolute atomic E-state index is 12.0. The van der Waals surface area contributed by atoms with E-state index in [9.17, 15) is 9.59 Å². The zero-order valence-electron chi connectivity index (χ0n) is 9.47. The van der Waals surface area contributed by atoms with Crippen molar-refractivity contribution < 1.29 is 14.3 Å². The monoisotopic (exact) mass is 221 g/mol. The summed E-state index contributed by atoms with van der Waals surface area (Å²) >= 11 is 0. The Morgan fingerprint density at radius 3 is 2.69 bits per heavy atom. The lowest BCUT2D eigenvalue weighted by atomic mass is 9.96. The molecule has 0 radical (unpaired) electrons. The van der Waals surface area contributed by atoms with Crippen molar-refractivity contribution in [2.75, 3.05) is 6.61 Å². The standard InChI is InChI=1S/C12H15NO3/c1-3-10(12(15)16-4-2)11(14)9-6-5-7-13-8-9/h5-8,10H,3-4H2,1-2H3/t10-/m0/s1. The summed E-state index contributed by atoms with van der Waals surface area (Å²) in [6, 6.07) is 3.32. The second kappa shape index (κ2) is 6.00. The van der Waals surface area contributed by atoms with E-state index in [2.05, 4.69) is 4.98 Å². The highest BCUT2D eigenvalue weighted by atomic mass is 16.5. The van der Waals surface area contributed by atoms with Crippen LogP contribution in [0, 0.1) is 5.92 Å². The first-order chi connectivity index (χ1) is 7.70. The van der Waals surface area contributed by atoms with Crippen LogP contribution in [0.4, 0.5) is 0 Å². The van der Waals surface area contributed by atoms with Crippen LogP contribution in [-0.2, 0) is 9.53 Å². The van der Waals surface area contributed by atoms with Crippen LogP contribution >= 0.6 is 0 Å². The number of carbonyl (C=O) groups excluding carboxylic acids is 2. The van der Waals surface area contributed by atoms with Crippen molar-refractivity contribution >= 4 is 11.8 Å². The molecular weight excluding hydrogens is 206 g/mol. The highest BCUT2D eigenvalue weighted by molar-refractivity contribution is 6.08. The van der Waals surface area contributed by atoms with E-state index < -0.39 is 11.9 Å². The number of hydrogen-bond acceptors (Lipinski definition) is 4. The Labute approximate surface area is 94.6 Å². The summed E-state index contributed by atoms with van der Waals surface area (Å²) in [5.41, 5.74) is 0.447. The van der Waals surface area contributed by atoms with E-state index in [1.165, 1.54) is 6.20 Å². The fraction of sp³-hybridized carbons (Fsp3) is 0.417. The molecule has 1 atom stereocenters. The number of rotatable bonds is 5. The van der Waals surface area contributed by atoms with Gasteiger partial charge in [0.2, 0.25) is 0 Å². The number of nitrogens with zero attached hydrogens (tertiary/aromatic N) is 1. The quantitative estimate of drug-likeness (QED) is 0.432. The highest BCUT2D eigenvalue weighted by Gasteiger charge is 2.26. The lowest BCUT2D eigenvalue weighted by molar-refractivity contribution is -0.146. The third kappa shape index (κ3) is 2.89. The van der Waals surface area contributed by atoms with Gasteiger partial charge in [0.1, 0.15) is 5.92 Å². The Balaban J connectivity index is 2.82. The minimum atomic E-state index is -0.718. The van der Waals surface area contributed by atoms with Crippen molar-refractivity contribution in [3.05, 3.63) is 30.1 Å². The van der Waals surface area contributed by atoms with Gasteiger partial charge in [0.05, 0.1) is 6.61 Å². The minimum Gasteiger partial charge on any atom is -0.465 e. The molecule has 0 saturated carbocycles. The van der Waals surface area contributed by atoms with Gasteiger partial charge >= 0.3 is 5.97 Å². The van der Waals surface area contributed by atoms with Gasteiger partial charge in [-0.1, -0.05) is 6.92 Å². The van der Waals surface area contributed by atoms with Crippen molar-refractivity contribution in [2.24, 2.45) is 5.92 Å². The molecule has 0 N–H and O–H groups in total. The first kappa shape index (κ1) is 12.4. The van der Waals surface area contributed by atoms with E-state index in [0.29, 0.717) is 12.0 Å². The topological polar surface area (TPSA) is 56.3 Å². The first-order valence-corrected chi connectivity index (χ1v) is 5.31. The van der Waals surface area contributed by atoms with Crippen LogP contribution in [0.5, 0.6) is 0 Å². The SMILES string of the molecule is CCOC(=O)[C@@H](CC)C(=O)c1cccnc1. The maximum atomic E-state index is 12.0. The molecule has 4 nitrogen and oxygen atoms in total. The molecule has 1 aromatic rings. The van der Waals surface area contributed by atoms with Gasteiger partial charge < -0.3 is 4.74 Å². The molecule has 4 heteroatoms. The first-order valence-electron chi connectivity index (χ1n) is 5.31. The molecule has 1 rings (SSSR count). The molecule has 0 aromatic carbocycles. The average Bonchev–Trinajstić information content (AvgIpc) is 2.31. The molecule has 0 unspecified atom stereocenters. The Hall–Kier alpha value is -1.71. The van der Waals surface area contributed by atoms with Gasteiger partial charge in [-0.05, 0) is 25.5 Å². The third-order valence-corrected chi connectivity index (χ3v) is 2.24. The predicted molar refractivity (Wildman–Crippen MR) is 59.0 cm³/mol. The number of aromatic nitrogens is 1. The lowest BCUT2D eigenvalue weighted by Crippen LogP contribution is -2.25. The van der Waals surface area contributed by atoms with Crippen LogP contribution in [0.15, 0.2) is 24.5 Å². The smallest absolute Gasteiger partial charge is 0.316 e. The predicted octanol–water partition coefficient (Wildman–Crippen LogP) is 1.85. The van der Waals surface area contributed by atoms with Gasteiger partial charge in [-0.3, -0.25) is 14.6 Å². The van der Waals surface area contributed by atoms with Crippen molar-refractivity contribution in [1.82, 2.24) is 4.98 Å². The summed E-state index contributed by atoms with van der Waals surface area (Å²) < 4.78 is 4.86. The Kier molecular flexibility index (Phi) is 4.64. The highest BCUT2D eigenvalue weighted by Crippen LogP contribution is 2.13. The number of pyridine rings is 1. The van der Waals surface area contributed by atoms with Crippen molar-refractivity contribution in [1.29, 1.82) is 0 Å². The second-order valence-electron chi connectivity index (χ2n) is 3.32. The second-order valence-corrected chi connectivity index (χ2v) is 3.32. The number of esters is 1. The molecule has 0 spiro atoms. The van der Waals surface area contributed by atoms with Crippen molar-refractivity contribution in [3.8, 4) is 0 Å². The van der Waals surface area contributed by atoms with Crippen LogP contribution in [0.25, 0.3) is 0 Å². The molecule has 0 aliphatic rings. The van der Waals surface area contributed by atoms with Gasteiger partial charge in [-0.2, -0.15) is 0 Å². The summed E-state index contributed by atoms with van der Waals surface area (Å²) in [4.78, 5) is 27.3. The number of hydrogen-bond donors (Lipinski definition) is 0. The molecule has 1 heterocycles. The van der Waals surface area contributed by atoms with Crippen molar-refractivity contribution in [2.45, 2.75) is 20.3 Å². The third-order valence-electron chi connectivity index (χ3n) is 2.24. The van der Waals surface area contributed by atoms with Crippen LogP contribution in [0.1, 0.15) is 30.6 Å². The van der Waals surface area contributed by atoms with Crippen LogP contribution < -0.4 is 0 Å². The Bertz CT molecular complexity index is 362. The summed E-state index contributed by atoms with van der Waals surface area (Å²) in [6.45, 7) is 3.80. The summed E-state index contributed by atoms with van der Waals surface area (Å²) in [7, 11) is 0. The molecule has 0 amide bonds. The van der Waals surface area contributed by atoms with E-state index in [1.54, 1.807) is 32.2 Å². The maximum Gasteiger partial charge on any atom is 0.316 e. The van der Waals surface area contributed by atoms with E-state index in [1.807, 2.05) is 0 Å². The van der Waals surface area contributed by atoms with Gasteiger partial charge in [0, 0.05) is 18.0 Å². The molecule has 86 valence electrons. The van der Waals surface area contributed by atoms with E-state index in [-0.39, 0.29) is 12.4 Å². The fourth-order valence-electron chi connectivity index (χ4n) is 1.41. The molecule has 0 fully saturated rings. The average molecular weight is 221 g/mol. The van der Waals surface area contributed by atoms with Gasteiger partial charge in [-0.25, -0.2) is 0 Å². The van der Waals surface area contributed by atoms with Gasteiger partial charge in [0.25, 0.3) is 0 Å². The minimum absolute atomic E-state index is 0.228. The molecular formula is C12H15NO3. The lowest BCUT2D eigenvalue weighted by Gasteiger charge is -2.11. The van der Waals surface area contributed by atoms with Crippen molar-refractivity contribution in [3.63, 3.8) is 0 Å². The molecule has 0 aliphatic heterocycles. The Morgan fingerprint density at radius 1 is 1.44 bits per heavy atom. The summed E-state index contributed by atoms with van der Waals surface area (Å²) in [6.07, 6.45) is 3.48. The fourth-order valence-corrected chi connectivity index (χ4v) is 1.41.